The maximum atomic E-state index is 13.0. The van der Waals surface area contributed by atoms with E-state index in [0.29, 0.717) is 30.0 Å². The Balaban J connectivity index is 1.56. The number of benzene rings is 1. The normalized spacial score (nSPS) is 19.5. The molecule has 4 rings (SSSR count). The van der Waals surface area contributed by atoms with Crippen LogP contribution in [0.4, 0.5) is 0 Å². The number of aliphatic hydroxyl groups is 1. The van der Waals surface area contributed by atoms with E-state index in [-0.39, 0.29) is 24.0 Å². The van der Waals surface area contributed by atoms with Gasteiger partial charge in [-0.25, -0.2) is 4.98 Å². The van der Waals surface area contributed by atoms with Crippen molar-refractivity contribution in [2.75, 3.05) is 7.11 Å². The molecule has 1 atom stereocenters. The van der Waals surface area contributed by atoms with Gasteiger partial charge >= 0.3 is 0 Å². The Morgan fingerprint density at radius 1 is 1.25 bits per heavy atom. The quantitative estimate of drug-likeness (QED) is 0.685. The molecular weight excluding hydrogens is 356 g/mol. The van der Waals surface area contributed by atoms with Crippen molar-refractivity contribution in [1.82, 2.24) is 10.3 Å². The molecule has 3 aromatic rings. The second-order valence-corrected chi connectivity index (χ2v) is 7.03. The van der Waals surface area contributed by atoms with Gasteiger partial charge in [-0.05, 0) is 48.6 Å². The Hall–Kier alpha value is -3.12. The number of nitrogens with one attached hydrogen (secondary N) is 1. The third kappa shape index (κ3) is 3.77. The summed E-state index contributed by atoms with van der Waals surface area (Å²) < 4.78 is 10.5. The predicted octanol–water partition coefficient (Wildman–Crippen LogP) is 3.59. The smallest absolute Gasteiger partial charge is 0.251 e. The summed E-state index contributed by atoms with van der Waals surface area (Å²) in [7, 11) is 1.57. The monoisotopic (exact) mass is 378 g/mol. The number of carbonyl (C=O) groups excluding carboxylic acids is 1. The lowest BCUT2D eigenvalue weighted by atomic mass is 9.75. The first kappa shape index (κ1) is 18.3. The minimum absolute atomic E-state index is 0.169. The topological polar surface area (TPSA) is 84.6 Å². The van der Waals surface area contributed by atoms with E-state index in [9.17, 15) is 9.90 Å². The first-order valence-corrected chi connectivity index (χ1v) is 9.27. The molecule has 1 aliphatic carbocycles. The second kappa shape index (κ2) is 7.86. The van der Waals surface area contributed by atoms with Gasteiger partial charge in [0.1, 0.15) is 5.76 Å². The van der Waals surface area contributed by atoms with Crippen molar-refractivity contribution in [2.24, 2.45) is 5.92 Å². The van der Waals surface area contributed by atoms with Crippen molar-refractivity contribution in [3.63, 3.8) is 0 Å². The van der Waals surface area contributed by atoms with Crippen LogP contribution in [-0.4, -0.2) is 29.2 Å². The first-order chi connectivity index (χ1) is 13.6. The van der Waals surface area contributed by atoms with Crippen molar-refractivity contribution in [3.05, 3.63) is 72.1 Å². The van der Waals surface area contributed by atoms with Crippen LogP contribution in [0.3, 0.4) is 0 Å². The van der Waals surface area contributed by atoms with Gasteiger partial charge in [-0.2, -0.15) is 0 Å². The van der Waals surface area contributed by atoms with Crippen molar-refractivity contribution in [2.45, 2.75) is 25.0 Å². The Morgan fingerprint density at radius 2 is 2.11 bits per heavy atom. The standard InChI is InChI=1S/C22H22N2O4/c1-27-20-8-7-16(13-23-20)21(17-11-18(25)12-17)24-22(26)15-5-2-4-14(10-15)19-6-3-9-28-19/h2-10,13,17-18,21,25H,11-12H2,1H3,(H,24,26). The molecule has 2 aromatic heterocycles. The van der Waals surface area contributed by atoms with Gasteiger partial charge in [0.05, 0.1) is 25.5 Å². The maximum Gasteiger partial charge on any atom is 0.251 e. The molecule has 28 heavy (non-hydrogen) atoms. The van der Waals surface area contributed by atoms with E-state index >= 15 is 0 Å². The van der Waals surface area contributed by atoms with E-state index in [1.807, 2.05) is 36.4 Å². The number of rotatable bonds is 6. The molecule has 144 valence electrons. The molecule has 6 nitrogen and oxygen atoms in total. The van der Waals surface area contributed by atoms with Gasteiger partial charge in [0.15, 0.2) is 0 Å². The molecule has 0 bridgehead atoms. The van der Waals surface area contributed by atoms with Crippen LogP contribution in [0.5, 0.6) is 5.88 Å². The summed E-state index contributed by atoms with van der Waals surface area (Å²) in [6, 6.07) is 14.5. The van der Waals surface area contributed by atoms with Gasteiger partial charge in [0.2, 0.25) is 5.88 Å². The average molecular weight is 378 g/mol. The lowest BCUT2D eigenvalue weighted by Crippen LogP contribution is -2.41. The first-order valence-electron chi connectivity index (χ1n) is 9.27. The second-order valence-electron chi connectivity index (χ2n) is 7.03. The van der Waals surface area contributed by atoms with Gasteiger partial charge in [0.25, 0.3) is 5.91 Å². The molecule has 2 N–H and O–H groups in total. The van der Waals surface area contributed by atoms with Gasteiger partial charge in [0, 0.05) is 23.4 Å². The Morgan fingerprint density at radius 3 is 2.75 bits per heavy atom. The zero-order chi connectivity index (χ0) is 19.5. The number of carbonyl (C=O) groups is 1. The molecule has 0 aliphatic heterocycles. The zero-order valence-corrected chi connectivity index (χ0v) is 15.5. The summed E-state index contributed by atoms with van der Waals surface area (Å²) in [5.41, 5.74) is 2.30. The number of hydrogen-bond donors (Lipinski definition) is 2. The van der Waals surface area contributed by atoms with Crippen molar-refractivity contribution < 1.29 is 19.1 Å². The highest BCUT2D eigenvalue weighted by Crippen LogP contribution is 2.38. The Kier molecular flexibility index (Phi) is 5.12. The Labute approximate surface area is 163 Å². The number of amides is 1. The van der Waals surface area contributed by atoms with Gasteiger partial charge < -0.3 is 19.6 Å². The molecule has 1 aromatic carbocycles. The van der Waals surface area contributed by atoms with E-state index < -0.39 is 0 Å². The lowest BCUT2D eigenvalue weighted by molar-refractivity contribution is 0.0234. The molecule has 0 radical (unpaired) electrons. The number of methoxy groups -OCH3 is 1. The average Bonchev–Trinajstić information content (AvgIpc) is 3.25. The number of furan rings is 1. The van der Waals surface area contributed by atoms with Crippen molar-refractivity contribution in [1.29, 1.82) is 0 Å². The van der Waals surface area contributed by atoms with Crippen molar-refractivity contribution in [3.8, 4) is 17.2 Å². The molecule has 1 amide bonds. The van der Waals surface area contributed by atoms with Crippen LogP contribution < -0.4 is 10.1 Å². The number of nitrogens with zero attached hydrogens (tertiary/aromatic N) is 1. The molecule has 1 aliphatic rings. The third-order valence-electron chi connectivity index (χ3n) is 5.17. The molecule has 0 saturated heterocycles. The SMILES string of the molecule is COc1ccc(C(NC(=O)c2cccc(-c3ccco3)c2)C2CC(O)C2)cn1. The summed E-state index contributed by atoms with van der Waals surface area (Å²) in [6.07, 6.45) is 4.33. The van der Waals surface area contributed by atoms with Crippen LogP contribution in [0.2, 0.25) is 0 Å². The van der Waals surface area contributed by atoms with Gasteiger partial charge in [-0.1, -0.05) is 18.2 Å². The summed E-state index contributed by atoms with van der Waals surface area (Å²) in [6.45, 7) is 0. The number of ether oxygens (including phenoxy) is 1. The van der Waals surface area contributed by atoms with E-state index in [1.54, 1.807) is 31.7 Å². The number of aliphatic hydroxyl groups excluding tert-OH is 1. The molecule has 0 spiro atoms. The molecule has 6 heteroatoms. The lowest BCUT2D eigenvalue weighted by Gasteiger charge is -2.38. The molecule has 1 fully saturated rings. The molecule has 1 saturated carbocycles. The van der Waals surface area contributed by atoms with E-state index in [0.717, 1.165) is 11.1 Å². The van der Waals surface area contributed by atoms with Crippen LogP contribution in [0, 0.1) is 5.92 Å². The van der Waals surface area contributed by atoms with Crippen LogP contribution >= 0.6 is 0 Å². The highest BCUT2D eigenvalue weighted by Gasteiger charge is 2.36. The largest absolute Gasteiger partial charge is 0.481 e. The minimum Gasteiger partial charge on any atom is -0.481 e. The molecular formula is C22H22N2O4. The summed E-state index contributed by atoms with van der Waals surface area (Å²) in [4.78, 5) is 17.2. The molecule has 2 heterocycles. The van der Waals surface area contributed by atoms with E-state index in [4.69, 9.17) is 9.15 Å². The zero-order valence-electron chi connectivity index (χ0n) is 15.5. The predicted molar refractivity (Wildman–Crippen MR) is 104 cm³/mol. The van der Waals surface area contributed by atoms with E-state index in [1.165, 1.54) is 0 Å². The number of aromatic nitrogens is 1. The minimum atomic E-state index is -0.308. The van der Waals surface area contributed by atoms with Crippen LogP contribution in [0.25, 0.3) is 11.3 Å². The summed E-state index contributed by atoms with van der Waals surface area (Å²) >= 11 is 0. The third-order valence-corrected chi connectivity index (χ3v) is 5.17. The van der Waals surface area contributed by atoms with Gasteiger partial charge in [-0.15, -0.1) is 0 Å². The van der Waals surface area contributed by atoms with Crippen LogP contribution in [0.15, 0.2) is 65.4 Å². The number of pyridine rings is 1. The fourth-order valence-electron chi connectivity index (χ4n) is 3.55. The van der Waals surface area contributed by atoms with Crippen molar-refractivity contribution >= 4 is 5.91 Å². The summed E-state index contributed by atoms with van der Waals surface area (Å²) in [5, 5.41) is 12.9. The summed E-state index contributed by atoms with van der Waals surface area (Å²) in [5.74, 6) is 1.24. The molecule has 1 unspecified atom stereocenters. The van der Waals surface area contributed by atoms with Crippen LogP contribution in [0.1, 0.15) is 34.8 Å². The van der Waals surface area contributed by atoms with E-state index in [2.05, 4.69) is 10.3 Å². The fourth-order valence-corrected chi connectivity index (χ4v) is 3.55. The van der Waals surface area contributed by atoms with Gasteiger partial charge in [-0.3, -0.25) is 4.79 Å². The Bertz CT molecular complexity index is 931. The number of hydrogen-bond acceptors (Lipinski definition) is 5. The highest BCUT2D eigenvalue weighted by atomic mass is 16.5. The fraction of sp³-hybridized carbons (Fsp3) is 0.273. The van der Waals surface area contributed by atoms with Crippen LogP contribution in [-0.2, 0) is 0 Å². The maximum absolute atomic E-state index is 13.0. The highest BCUT2D eigenvalue weighted by molar-refractivity contribution is 5.95.